The number of hydrogen-bond donors (Lipinski definition) is 0. The van der Waals surface area contributed by atoms with Gasteiger partial charge in [0.1, 0.15) is 0 Å². The van der Waals surface area contributed by atoms with Crippen LogP contribution in [0.2, 0.25) is 0 Å². The number of benzene rings is 2. The molecule has 0 aliphatic carbocycles. The Labute approximate surface area is 119 Å². The molecule has 0 aromatic heterocycles. The molecule has 0 aliphatic rings. The van der Waals surface area contributed by atoms with Gasteiger partial charge in [-0.15, -0.1) is 11.6 Å². The van der Waals surface area contributed by atoms with Crippen LogP contribution in [0.5, 0.6) is 0 Å². The molecule has 2 rings (SSSR count). The molecule has 0 spiro atoms. The van der Waals surface area contributed by atoms with Crippen LogP contribution in [-0.2, 0) is 5.88 Å². The number of halogens is 2. The van der Waals surface area contributed by atoms with Crippen LogP contribution in [0.4, 0.5) is 0 Å². The van der Waals surface area contributed by atoms with Gasteiger partial charge in [0.2, 0.25) is 0 Å². The molecular formula is C13H10ClIS. The molecule has 0 saturated carbocycles. The molecular weight excluding hydrogens is 351 g/mol. The van der Waals surface area contributed by atoms with E-state index in [1.165, 1.54) is 13.4 Å². The van der Waals surface area contributed by atoms with Gasteiger partial charge in [-0.3, -0.25) is 0 Å². The van der Waals surface area contributed by atoms with Crippen LogP contribution in [0, 0.1) is 3.57 Å². The largest absolute Gasteiger partial charge is 0.122 e. The molecule has 3 heteroatoms. The van der Waals surface area contributed by atoms with Crippen LogP contribution in [0.1, 0.15) is 5.56 Å². The van der Waals surface area contributed by atoms with E-state index < -0.39 is 0 Å². The fourth-order valence-corrected chi connectivity index (χ4v) is 3.12. The van der Waals surface area contributed by atoms with Crippen molar-refractivity contribution in [3.63, 3.8) is 0 Å². The van der Waals surface area contributed by atoms with Gasteiger partial charge in [-0.2, -0.15) is 0 Å². The normalized spacial score (nSPS) is 10.4. The predicted octanol–water partition coefficient (Wildman–Crippen LogP) is 5.18. The Bertz CT molecular complexity index is 468. The summed E-state index contributed by atoms with van der Waals surface area (Å²) in [6.45, 7) is 0. The Morgan fingerprint density at radius 2 is 1.75 bits per heavy atom. The molecule has 82 valence electrons. The maximum atomic E-state index is 5.75. The zero-order chi connectivity index (χ0) is 11.4. The summed E-state index contributed by atoms with van der Waals surface area (Å²) >= 11 is 9.85. The van der Waals surface area contributed by atoms with Crippen molar-refractivity contribution in [2.75, 3.05) is 0 Å². The highest BCUT2D eigenvalue weighted by Crippen LogP contribution is 2.28. The molecule has 0 saturated heterocycles. The zero-order valence-electron chi connectivity index (χ0n) is 8.49. The number of alkyl halides is 1. The highest BCUT2D eigenvalue weighted by molar-refractivity contribution is 14.1. The van der Waals surface area contributed by atoms with E-state index >= 15 is 0 Å². The first-order chi connectivity index (χ1) is 7.78. The zero-order valence-corrected chi connectivity index (χ0v) is 12.2. The van der Waals surface area contributed by atoms with Gasteiger partial charge in [0, 0.05) is 19.2 Å². The Morgan fingerprint density at radius 1 is 1.00 bits per heavy atom. The van der Waals surface area contributed by atoms with Crippen LogP contribution in [0.3, 0.4) is 0 Å². The van der Waals surface area contributed by atoms with E-state index in [-0.39, 0.29) is 0 Å². The quantitative estimate of drug-likeness (QED) is 0.537. The van der Waals surface area contributed by atoms with E-state index in [4.69, 9.17) is 11.6 Å². The summed E-state index contributed by atoms with van der Waals surface area (Å²) in [7, 11) is 0. The minimum Gasteiger partial charge on any atom is -0.122 e. The van der Waals surface area contributed by atoms with Crippen LogP contribution in [0.25, 0.3) is 0 Å². The van der Waals surface area contributed by atoms with Gasteiger partial charge in [-0.05, 0) is 58.5 Å². The molecule has 2 aromatic rings. The van der Waals surface area contributed by atoms with Crippen LogP contribution >= 0.6 is 46.0 Å². The van der Waals surface area contributed by atoms with E-state index in [9.17, 15) is 0 Å². The third-order valence-electron chi connectivity index (χ3n) is 2.11. The fourth-order valence-electron chi connectivity index (χ4n) is 1.31. The van der Waals surface area contributed by atoms with Crippen molar-refractivity contribution in [1.29, 1.82) is 0 Å². The third kappa shape index (κ3) is 3.40. The lowest BCUT2D eigenvalue weighted by atomic mass is 10.2. The van der Waals surface area contributed by atoms with E-state index in [1.807, 2.05) is 0 Å². The van der Waals surface area contributed by atoms with Gasteiger partial charge in [-0.25, -0.2) is 0 Å². The first kappa shape index (κ1) is 12.3. The van der Waals surface area contributed by atoms with Gasteiger partial charge < -0.3 is 0 Å². The van der Waals surface area contributed by atoms with Crippen molar-refractivity contribution < 1.29 is 0 Å². The molecule has 2 aromatic carbocycles. The van der Waals surface area contributed by atoms with E-state index in [2.05, 4.69) is 71.1 Å². The number of rotatable bonds is 3. The van der Waals surface area contributed by atoms with Crippen molar-refractivity contribution in [3.8, 4) is 0 Å². The van der Waals surface area contributed by atoms with Gasteiger partial charge in [-0.1, -0.05) is 30.0 Å². The molecule has 0 radical (unpaired) electrons. The molecule has 0 bridgehead atoms. The molecule has 0 heterocycles. The third-order valence-corrected chi connectivity index (χ3v) is 4.09. The monoisotopic (exact) mass is 360 g/mol. The molecule has 16 heavy (non-hydrogen) atoms. The summed E-state index contributed by atoms with van der Waals surface area (Å²) in [5, 5.41) is 0. The Kier molecular flexibility index (Phi) is 4.55. The van der Waals surface area contributed by atoms with Crippen molar-refractivity contribution >= 4 is 46.0 Å². The summed E-state index contributed by atoms with van der Waals surface area (Å²) in [6, 6.07) is 16.9. The lowest BCUT2D eigenvalue weighted by molar-refractivity contribution is 1.33. The highest BCUT2D eigenvalue weighted by Gasteiger charge is 1.98. The number of hydrogen-bond acceptors (Lipinski definition) is 1. The second-order valence-electron chi connectivity index (χ2n) is 3.34. The molecule has 0 nitrogen and oxygen atoms in total. The van der Waals surface area contributed by atoms with E-state index in [1.54, 1.807) is 11.8 Å². The van der Waals surface area contributed by atoms with Gasteiger partial charge >= 0.3 is 0 Å². The van der Waals surface area contributed by atoms with E-state index in [0.717, 1.165) is 5.56 Å². The van der Waals surface area contributed by atoms with Gasteiger partial charge in [0.05, 0.1) is 0 Å². The Hall–Kier alpha value is -0.190. The SMILES string of the molecule is ClCc1ccc(Sc2cccc(I)c2)cc1. The van der Waals surface area contributed by atoms with Crippen LogP contribution in [0.15, 0.2) is 58.3 Å². The lowest BCUT2D eigenvalue weighted by Crippen LogP contribution is -1.78. The molecule has 0 atom stereocenters. The van der Waals surface area contributed by atoms with E-state index in [0.29, 0.717) is 5.88 Å². The van der Waals surface area contributed by atoms with Crippen molar-refractivity contribution in [1.82, 2.24) is 0 Å². The van der Waals surface area contributed by atoms with Gasteiger partial charge in [0.25, 0.3) is 0 Å². The summed E-state index contributed by atoms with van der Waals surface area (Å²) in [5.41, 5.74) is 1.16. The molecule has 0 fully saturated rings. The van der Waals surface area contributed by atoms with Crippen molar-refractivity contribution in [3.05, 3.63) is 57.7 Å². The summed E-state index contributed by atoms with van der Waals surface area (Å²) in [5.74, 6) is 0.578. The first-order valence-corrected chi connectivity index (χ1v) is 7.29. The smallest absolute Gasteiger partial charge is 0.0474 e. The highest BCUT2D eigenvalue weighted by atomic mass is 127. The molecule has 0 aliphatic heterocycles. The summed E-state index contributed by atoms with van der Waals surface area (Å²) in [4.78, 5) is 2.52. The molecule has 0 unspecified atom stereocenters. The molecule has 0 N–H and O–H groups in total. The van der Waals surface area contributed by atoms with Crippen LogP contribution in [-0.4, -0.2) is 0 Å². The van der Waals surface area contributed by atoms with Crippen molar-refractivity contribution in [2.45, 2.75) is 15.7 Å². The lowest BCUT2D eigenvalue weighted by Gasteiger charge is -2.03. The first-order valence-electron chi connectivity index (χ1n) is 4.86. The van der Waals surface area contributed by atoms with Crippen LogP contribution < -0.4 is 0 Å². The second-order valence-corrected chi connectivity index (χ2v) is 6.00. The van der Waals surface area contributed by atoms with Crippen molar-refractivity contribution in [2.24, 2.45) is 0 Å². The minimum absolute atomic E-state index is 0.578. The molecule has 0 amide bonds. The minimum atomic E-state index is 0.578. The summed E-state index contributed by atoms with van der Waals surface area (Å²) in [6.07, 6.45) is 0. The van der Waals surface area contributed by atoms with Gasteiger partial charge in [0.15, 0.2) is 0 Å². The standard InChI is InChI=1S/C13H10ClIS/c14-9-10-4-6-12(7-5-10)16-13-3-1-2-11(15)8-13/h1-8H,9H2. The average molecular weight is 361 g/mol. The maximum absolute atomic E-state index is 5.75. The summed E-state index contributed by atoms with van der Waals surface area (Å²) < 4.78 is 1.26. The maximum Gasteiger partial charge on any atom is 0.0474 e. The predicted molar refractivity (Wildman–Crippen MR) is 79.3 cm³/mol. The Balaban J connectivity index is 2.14. The average Bonchev–Trinajstić information content (AvgIpc) is 2.30. The Morgan fingerprint density at radius 3 is 2.38 bits per heavy atom. The fraction of sp³-hybridized carbons (Fsp3) is 0.0769. The topological polar surface area (TPSA) is 0 Å². The second kappa shape index (κ2) is 5.94.